The van der Waals surface area contributed by atoms with Crippen molar-refractivity contribution in [2.45, 2.75) is 13.0 Å². The molecule has 1 aromatic rings. The monoisotopic (exact) mass is 300 g/mol. The number of rotatable bonds is 6. The lowest BCUT2D eigenvalue weighted by atomic mass is 9.94. The van der Waals surface area contributed by atoms with Crippen LogP contribution < -0.4 is 10.6 Å². The van der Waals surface area contributed by atoms with Crippen LogP contribution in [-0.4, -0.2) is 32.6 Å². The Hall–Kier alpha value is -1.59. The molecule has 0 aromatic heterocycles. The normalized spacial score (nSPS) is 12.8. The van der Waals surface area contributed by atoms with Crippen molar-refractivity contribution in [3.63, 3.8) is 0 Å². The fourth-order valence-corrected chi connectivity index (χ4v) is 1.86. The van der Waals surface area contributed by atoms with Gasteiger partial charge in [0.25, 0.3) is 0 Å². The molecule has 2 unspecified atom stereocenters. The van der Waals surface area contributed by atoms with Crippen LogP contribution in [0, 0.1) is 5.92 Å². The number of likely N-dealkylation sites (N-methyl/N-ethyl adjacent to an activating group) is 1. The van der Waals surface area contributed by atoms with E-state index in [-0.39, 0.29) is 30.8 Å². The summed E-state index contributed by atoms with van der Waals surface area (Å²) in [5.74, 6) is -0.959. The minimum absolute atomic E-state index is 0. The van der Waals surface area contributed by atoms with E-state index in [1.807, 2.05) is 30.3 Å². The van der Waals surface area contributed by atoms with E-state index in [0.29, 0.717) is 0 Å². The molecule has 1 aromatic carbocycles. The van der Waals surface area contributed by atoms with Gasteiger partial charge in [0.05, 0.1) is 25.6 Å². The van der Waals surface area contributed by atoms with Crippen LogP contribution in [0.5, 0.6) is 0 Å². The van der Waals surface area contributed by atoms with Crippen molar-refractivity contribution in [1.29, 1.82) is 0 Å². The van der Waals surface area contributed by atoms with E-state index in [1.165, 1.54) is 7.11 Å². The fourth-order valence-electron chi connectivity index (χ4n) is 1.86. The Balaban J connectivity index is 0.00000361. The molecule has 20 heavy (non-hydrogen) atoms. The SMILES string of the molecule is CNCC(=O)NC(c1ccccc1)C(C)C(=O)OC.Cl. The van der Waals surface area contributed by atoms with E-state index in [9.17, 15) is 9.59 Å². The van der Waals surface area contributed by atoms with Gasteiger partial charge in [-0.05, 0) is 19.5 Å². The van der Waals surface area contributed by atoms with Gasteiger partial charge < -0.3 is 15.4 Å². The molecule has 0 heterocycles. The van der Waals surface area contributed by atoms with Crippen LogP contribution in [-0.2, 0) is 14.3 Å². The Morgan fingerprint density at radius 3 is 2.35 bits per heavy atom. The number of hydrogen-bond acceptors (Lipinski definition) is 4. The van der Waals surface area contributed by atoms with Gasteiger partial charge in [0.15, 0.2) is 0 Å². The summed E-state index contributed by atoms with van der Waals surface area (Å²) < 4.78 is 4.75. The predicted octanol–water partition coefficient (Wildman–Crippen LogP) is 1.29. The van der Waals surface area contributed by atoms with Crippen LogP contribution >= 0.6 is 12.4 Å². The molecule has 0 saturated carbocycles. The zero-order valence-electron chi connectivity index (χ0n) is 11.9. The predicted molar refractivity (Wildman–Crippen MR) is 79.7 cm³/mol. The maximum Gasteiger partial charge on any atom is 0.310 e. The lowest BCUT2D eigenvalue weighted by molar-refractivity contribution is -0.146. The number of carbonyl (C=O) groups excluding carboxylic acids is 2. The highest BCUT2D eigenvalue weighted by atomic mass is 35.5. The molecule has 2 atom stereocenters. The van der Waals surface area contributed by atoms with Crippen LogP contribution in [0.2, 0.25) is 0 Å². The number of nitrogens with one attached hydrogen (secondary N) is 2. The van der Waals surface area contributed by atoms with Gasteiger partial charge in [0.2, 0.25) is 5.91 Å². The Bertz CT molecular complexity index is 426. The average molecular weight is 301 g/mol. The minimum atomic E-state index is -0.451. The van der Waals surface area contributed by atoms with Crippen molar-refractivity contribution in [3.05, 3.63) is 35.9 Å². The largest absolute Gasteiger partial charge is 0.469 e. The summed E-state index contributed by atoms with van der Waals surface area (Å²) in [6.07, 6.45) is 0. The van der Waals surface area contributed by atoms with Gasteiger partial charge in [-0.1, -0.05) is 30.3 Å². The molecular weight excluding hydrogens is 280 g/mol. The molecule has 6 heteroatoms. The summed E-state index contributed by atoms with van der Waals surface area (Å²) in [4.78, 5) is 23.4. The summed E-state index contributed by atoms with van der Waals surface area (Å²) in [5, 5.41) is 5.63. The number of benzene rings is 1. The van der Waals surface area contributed by atoms with E-state index in [1.54, 1.807) is 14.0 Å². The molecule has 1 rings (SSSR count). The van der Waals surface area contributed by atoms with Crippen molar-refractivity contribution in [1.82, 2.24) is 10.6 Å². The third kappa shape index (κ3) is 5.19. The summed E-state index contributed by atoms with van der Waals surface area (Å²) in [6, 6.07) is 8.99. The van der Waals surface area contributed by atoms with E-state index in [4.69, 9.17) is 4.74 Å². The third-order valence-electron chi connectivity index (χ3n) is 2.89. The highest BCUT2D eigenvalue weighted by Gasteiger charge is 2.27. The van der Waals surface area contributed by atoms with Gasteiger partial charge in [-0.15, -0.1) is 12.4 Å². The lowest BCUT2D eigenvalue weighted by Gasteiger charge is -2.24. The number of amides is 1. The topological polar surface area (TPSA) is 67.4 Å². The first kappa shape index (κ1) is 18.4. The van der Waals surface area contributed by atoms with Gasteiger partial charge in [-0.2, -0.15) is 0 Å². The van der Waals surface area contributed by atoms with Gasteiger partial charge >= 0.3 is 5.97 Å². The van der Waals surface area contributed by atoms with Crippen molar-refractivity contribution >= 4 is 24.3 Å². The second kappa shape index (κ2) is 9.34. The molecule has 5 nitrogen and oxygen atoms in total. The first-order chi connectivity index (χ1) is 9.10. The maximum absolute atomic E-state index is 11.7. The Morgan fingerprint density at radius 2 is 1.85 bits per heavy atom. The molecule has 0 spiro atoms. The standard InChI is InChI=1S/C14H20N2O3.ClH/c1-10(14(18)19-3)13(16-12(17)9-15-2)11-7-5-4-6-8-11;/h4-8,10,13,15H,9H2,1-3H3,(H,16,17);1H. The van der Waals surface area contributed by atoms with Crippen LogP contribution in [0.25, 0.3) is 0 Å². The maximum atomic E-state index is 11.7. The number of hydrogen-bond donors (Lipinski definition) is 2. The number of carbonyl (C=O) groups is 2. The van der Waals surface area contributed by atoms with Crippen molar-refractivity contribution in [3.8, 4) is 0 Å². The van der Waals surface area contributed by atoms with Gasteiger partial charge in [-0.25, -0.2) is 0 Å². The summed E-state index contributed by atoms with van der Waals surface area (Å²) in [6.45, 7) is 1.94. The van der Waals surface area contributed by atoms with Crippen LogP contribution in [0.4, 0.5) is 0 Å². The fraction of sp³-hybridized carbons (Fsp3) is 0.429. The number of ether oxygens (including phenoxy) is 1. The summed E-state index contributed by atoms with van der Waals surface area (Å²) >= 11 is 0. The highest BCUT2D eigenvalue weighted by Crippen LogP contribution is 2.22. The zero-order chi connectivity index (χ0) is 14.3. The molecule has 0 aliphatic rings. The molecule has 0 aliphatic heterocycles. The van der Waals surface area contributed by atoms with Crippen LogP contribution in [0.15, 0.2) is 30.3 Å². The molecule has 112 valence electrons. The molecule has 0 saturated heterocycles. The molecule has 1 amide bonds. The molecule has 0 bridgehead atoms. The third-order valence-corrected chi connectivity index (χ3v) is 2.89. The Morgan fingerprint density at radius 1 is 1.25 bits per heavy atom. The average Bonchev–Trinajstić information content (AvgIpc) is 2.44. The quantitative estimate of drug-likeness (QED) is 0.777. The molecule has 0 aliphatic carbocycles. The van der Waals surface area contributed by atoms with Crippen LogP contribution in [0.1, 0.15) is 18.5 Å². The Labute approximate surface area is 125 Å². The van der Waals surface area contributed by atoms with Crippen LogP contribution in [0.3, 0.4) is 0 Å². The summed E-state index contributed by atoms with van der Waals surface area (Å²) in [5.41, 5.74) is 0.879. The van der Waals surface area contributed by atoms with Crippen molar-refractivity contribution < 1.29 is 14.3 Å². The molecule has 0 fully saturated rings. The number of methoxy groups -OCH3 is 1. The smallest absolute Gasteiger partial charge is 0.310 e. The first-order valence-corrected chi connectivity index (χ1v) is 6.17. The Kier molecular flexibility index (Phi) is 8.59. The lowest BCUT2D eigenvalue weighted by Crippen LogP contribution is -2.39. The van der Waals surface area contributed by atoms with E-state index in [0.717, 1.165) is 5.56 Å². The van der Waals surface area contributed by atoms with Crippen molar-refractivity contribution in [2.24, 2.45) is 5.92 Å². The van der Waals surface area contributed by atoms with Crippen molar-refractivity contribution in [2.75, 3.05) is 20.7 Å². The summed E-state index contributed by atoms with van der Waals surface area (Å²) in [7, 11) is 3.04. The van der Waals surface area contributed by atoms with E-state index >= 15 is 0 Å². The zero-order valence-corrected chi connectivity index (χ0v) is 12.7. The highest BCUT2D eigenvalue weighted by molar-refractivity contribution is 5.85. The molecular formula is C14H21ClN2O3. The van der Waals surface area contributed by atoms with E-state index in [2.05, 4.69) is 10.6 Å². The first-order valence-electron chi connectivity index (χ1n) is 6.17. The molecule has 2 N–H and O–H groups in total. The number of halogens is 1. The second-order valence-corrected chi connectivity index (χ2v) is 4.30. The van der Waals surface area contributed by atoms with Gasteiger partial charge in [0.1, 0.15) is 0 Å². The minimum Gasteiger partial charge on any atom is -0.469 e. The second-order valence-electron chi connectivity index (χ2n) is 4.30. The van der Waals surface area contributed by atoms with E-state index < -0.39 is 12.0 Å². The van der Waals surface area contributed by atoms with Gasteiger partial charge in [-0.3, -0.25) is 9.59 Å². The number of esters is 1. The molecule has 0 radical (unpaired) electrons. The van der Waals surface area contributed by atoms with Gasteiger partial charge in [0, 0.05) is 0 Å².